The van der Waals surface area contributed by atoms with Crippen molar-refractivity contribution in [1.82, 2.24) is 5.32 Å². The van der Waals surface area contributed by atoms with Crippen LogP contribution in [-0.4, -0.2) is 29.2 Å². The van der Waals surface area contributed by atoms with E-state index < -0.39 is 10.8 Å². The summed E-state index contributed by atoms with van der Waals surface area (Å²) in [4.78, 5) is 0.857. The van der Waals surface area contributed by atoms with Gasteiger partial charge in [0.25, 0.3) is 0 Å². The first-order valence-electron chi connectivity index (χ1n) is 7.45. The van der Waals surface area contributed by atoms with Crippen LogP contribution >= 0.6 is 0 Å². The lowest BCUT2D eigenvalue weighted by atomic mass is 10.1. The Hall–Kier alpha value is -0.870. The van der Waals surface area contributed by atoms with Gasteiger partial charge in [0.2, 0.25) is 0 Å². The fourth-order valence-corrected chi connectivity index (χ4v) is 4.11. The van der Waals surface area contributed by atoms with E-state index >= 15 is 0 Å². The van der Waals surface area contributed by atoms with E-state index in [4.69, 9.17) is 4.74 Å². The van der Waals surface area contributed by atoms with Crippen molar-refractivity contribution in [3.05, 3.63) is 24.3 Å². The van der Waals surface area contributed by atoms with Crippen molar-refractivity contribution in [3.63, 3.8) is 0 Å². The molecule has 0 fully saturated rings. The van der Waals surface area contributed by atoms with Gasteiger partial charge in [0.1, 0.15) is 5.75 Å². The Morgan fingerprint density at radius 2 is 2.05 bits per heavy atom. The first-order chi connectivity index (χ1) is 9.67. The van der Waals surface area contributed by atoms with Gasteiger partial charge in [-0.3, -0.25) is 4.21 Å². The first kappa shape index (κ1) is 17.2. The van der Waals surface area contributed by atoms with Crippen LogP contribution in [0.25, 0.3) is 0 Å². The number of rotatable bonds is 9. The molecular weight excluding hydrogens is 270 g/mol. The summed E-state index contributed by atoms with van der Waals surface area (Å²) >= 11 is 0. The van der Waals surface area contributed by atoms with E-state index in [1.165, 1.54) is 0 Å². The Morgan fingerprint density at radius 3 is 2.60 bits per heavy atom. The Kier molecular flexibility index (Phi) is 7.85. The summed E-state index contributed by atoms with van der Waals surface area (Å²) in [5.74, 6) is 0.765. The molecule has 0 bridgehead atoms. The molecule has 114 valence electrons. The van der Waals surface area contributed by atoms with Crippen molar-refractivity contribution in [2.24, 2.45) is 0 Å². The largest absolute Gasteiger partial charge is 0.497 e. The van der Waals surface area contributed by atoms with E-state index in [-0.39, 0.29) is 5.25 Å². The third kappa shape index (κ3) is 4.60. The average molecular weight is 297 g/mol. The molecule has 0 heterocycles. The average Bonchev–Trinajstić information content (AvgIpc) is 2.48. The zero-order valence-electron chi connectivity index (χ0n) is 13.0. The summed E-state index contributed by atoms with van der Waals surface area (Å²) in [6.07, 6.45) is 3.06. The molecule has 0 aliphatic rings. The fraction of sp³-hybridized carbons (Fsp3) is 0.625. The van der Waals surface area contributed by atoms with Crippen LogP contribution in [0.1, 0.15) is 40.0 Å². The second-order valence-electron chi connectivity index (χ2n) is 4.88. The number of ether oxygens (including phenoxy) is 1. The van der Waals surface area contributed by atoms with Gasteiger partial charge in [-0.2, -0.15) is 0 Å². The molecule has 1 aromatic rings. The molecular formula is C16H27NO2S. The lowest BCUT2D eigenvalue weighted by molar-refractivity contribution is 0.413. The Bertz CT molecular complexity index is 417. The van der Waals surface area contributed by atoms with E-state index in [1.54, 1.807) is 7.11 Å². The molecule has 0 saturated carbocycles. The van der Waals surface area contributed by atoms with Gasteiger partial charge < -0.3 is 10.1 Å². The topological polar surface area (TPSA) is 38.3 Å². The molecule has 1 aromatic carbocycles. The highest BCUT2D eigenvalue weighted by Gasteiger charge is 2.25. The van der Waals surface area contributed by atoms with Gasteiger partial charge in [-0.05, 0) is 37.6 Å². The van der Waals surface area contributed by atoms with Crippen LogP contribution in [0.15, 0.2) is 29.2 Å². The summed E-state index contributed by atoms with van der Waals surface area (Å²) < 4.78 is 18.1. The highest BCUT2D eigenvalue weighted by atomic mass is 32.2. The van der Waals surface area contributed by atoms with Crippen molar-refractivity contribution in [1.29, 1.82) is 0 Å². The van der Waals surface area contributed by atoms with Gasteiger partial charge in [0, 0.05) is 10.9 Å². The fourth-order valence-electron chi connectivity index (χ4n) is 2.48. The molecule has 3 atom stereocenters. The van der Waals surface area contributed by atoms with E-state index in [1.807, 2.05) is 24.3 Å². The van der Waals surface area contributed by atoms with Crippen LogP contribution in [-0.2, 0) is 10.8 Å². The van der Waals surface area contributed by atoms with Crippen LogP contribution in [0, 0.1) is 0 Å². The number of hydrogen-bond donors (Lipinski definition) is 1. The maximum atomic E-state index is 12.9. The normalized spacial score (nSPS) is 15.6. The van der Waals surface area contributed by atoms with Crippen molar-refractivity contribution < 1.29 is 8.95 Å². The zero-order valence-corrected chi connectivity index (χ0v) is 13.8. The van der Waals surface area contributed by atoms with E-state index in [0.29, 0.717) is 6.04 Å². The predicted octanol–water partition coefficient (Wildman–Crippen LogP) is 3.36. The SMILES string of the molecule is CCCC(NCC)C(CC)S(=O)c1cccc(OC)c1. The summed E-state index contributed by atoms with van der Waals surface area (Å²) in [7, 11) is 0.628. The van der Waals surface area contributed by atoms with Crippen molar-refractivity contribution in [3.8, 4) is 5.75 Å². The molecule has 0 aliphatic carbocycles. The number of methoxy groups -OCH3 is 1. The highest BCUT2D eigenvalue weighted by Crippen LogP contribution is 2.22. The molecule has 0 saturated heterocycles. The predicted molar refractivity (Wildman–Crippen MR) is 85.9 cm³/mol. The minimum atomic E-state index is -1.01. The molecule has 4 heteroatoms. The van der Waals surface area contributed by atoms with Gasteiger partial charge in [0.15, 0.2) is 0 Å². The summed E-state index contributed by atoms with van der Waals surface area (Å²) in [5.41, 5.74) is 0. The van der Waals surface area contributed by atoms with E-state index in [0.717, 1.165) is 36.5 Å². The van der Waals surface area contributed by atoms with Gasteiger partial charge in [-0.1, -0.05) is 33.3 Å². The number of nitrogens with one attached hydrogen (secondary N) is 1. The van der Waals surface area contributed by atoms with Gasteiger partial charge >= 0.3 is 0 Å². The minimum Gasteiger partial charge on any atom is -0.497 e. The maximum Gasteiger partial charge on any atom is 0.120 e. The Morgan fingerprint density at radius 1 is 1.30 bits per heavy atom. The van der Waals surface area contributed by atoms with Gasteiger partial charge in [-0.15, -0.1) is 0 Å². The van der Waals surface area contributed by atoms with Crippen molar-refractivity contribution >= 4 is 10.8 Å². The molecule has 3 unspecified atom stereocenters. The second kappa shape index (κ2) is 9.14. The van der Waals surface area contributed by atoms with E-state index in [2.05, 4.69) is 26.1 Å². The molecule has 0 radical (unpaired) electrons. The quantitative estimate of drug-likeness (QED) is 0.759. The summed E-state index contributed by atoms with van der Waals surface area (Å²) in [5, 5.41) is 3.63. The standard InChI is InChI=1S/C16H27NO2S/c1-5-9-15(17-7-3)16(6-2)20(18)14-11-8-10-13(12-14)19-4/h8,10-12,15-17H,5-7,9H2,1-4H3. The van der Waals surface area contributed by atoms with Crippen LogP contribution in [0.5, 0.6) is 5.75 Å². The van der Waals surface area contributed by atoms with Crippen molar-refractivity contribution in [2.75, 3.05) is 13.7 Å². The monoisotopic (exact) mass is 297 g/mol. The molecule has 1 rings (SSSR count). The van der Waals surface area contributed by atoms with Crippen LogP contribution in [0.2, 0.25) is 0 Å². The van der Waals surface area contributed by atoms with Crippen LogP contribution in [0.4, 0.5) is 0 Å². The molecule has 0 aromatic heterocycles. The minimum absolute atomic E-state index is 0.141. The number of benzene rings is 1. The zero-order chi connectivity index (χ0) is 15.0. The van der Waals surface area contributed by atoms with Crippen LogP contribution < -0.4 is 10.1 Å². The Balaban J connectivity index is 2.93. The summed E-state index contributed by atoms with van der Waals surface area (Å²) in [6, 6.07) is 7.90. The van der Waals surface area contributed by atoms with Gasteiger partial charge in [-0.25, -0.2) is 0 Å². The van der Waals surface area contributed by atoms with Gasteiger partial charge in [0.05, 0.1) is 23.2 Å². The van der Waals surface area contributed by atoms with Crippen LogP contribution in [0.3, 0.4) is 0 Å². The smallest absolute Gasteiger partial charge is 0.120 e. The molecule has 20 heavy (non-hydrogen) atoms. The molecule has 1 N–H and O–H groups in total. The third-order valence-electron chi connectivity index (χ3n) is 3.47. The lowest BCUT2D eigenvalue weighted by Gasteiger charge is -2.26. The van der Waals surface area contributed by atoms with E-state index in [9.17, 15) is 4.21 Å². The summed E-state index contributed by atoms with van der Waals surface area (Å²) in [6.45, 7) is 7.30. The Labute approximate surface area is 125 Å². The second-order valence-corrected chi connectivity index (χ2v) is 6.55. The molecule has 3 nitrogen and oxygen atoms in total. The molecule has 0 spiro atoms. The maximum absolute atomic E-state index is 12.9. The molecule has 0 amide bonds. The van der Waals surface area contributed by atoms with Crippen molar-refractivity contribution in [2.45, 2.75) is 56.2 Å². The lowest BCUT2D eigenvalue weighted by Crippen LogP contribution is -2.41. The first-order valence-corrected chi connectivity index (χ1v) is 8.67. The third-order valence-corrected chi connectivity index (χ3v) is 5.40. The number of hydrogen-bond acceptors (Lipinski definition) is 3. The molecule has 0 aliphatic heterocycles. The highest BCUT2D eigenvalue weighted by molar-refractivity contribution is 7.85.